The Bertz CT molecular complexity index is 2550. The van der Waals surface area contributed by atoms with Crippen LogP contribution in [0.3, 0.4) is 0 Å². The highest BCUT2D eigenvalue weighted by Gasteiger charge is 2.69. The van der Waals surface area contributed by atoms with E-state index in [1.165, 1.54) is 0 Å². The molecule has 4 aliphatic carbocycles. The summed E-state index contributed by atoms with van der Waals surface area (Å²) in [6, 6.07) is 0. The molecule has 0 aromatic heterocycles. The van der Waals surface area contributed by atoms with E-state index in [9.17, 15) is 112 Å². The lowest BCUT2D eigenvalue weighted by atomic mass is 9.44. The highest BCUT2D eigenvalue weighted by molar-refractivity contribution is 5.16. The molecule has 0 aromatic carbocycles. The van der Waals surface area contributed by atoms with E-state index in [0.717, 1.165) is 32.1 Å². The van der Waals surface area contributed by atoms with Crippen LogP contribution in [-0.4, -0.2) is 367 Å². The first-order valence-corrected chi connectivity index (χ1v) is 34.5. The van der Waals surface area contributed by atoms with Crippen LogP contribution in [0.15, 0.2) is 0 Å². The zero-order chi connectivity index (χ0) is 71.1. The standard InChI is InChI=1S/C63H106O35/c1-21(20-86-55-46(80)42(76)37(71)30(14-64)88-55)7-10-63(85)22(2)36-29(98-63)12-26-24-6-5-23-11-28(27(70)13-62(23,4)25(24)8-9-61(26,36)3)87-56-49(83)45(79)51(35(19-69)93-56)94-60-54(53(41(75)34(18-68)92-60)96-58-48(82)44(78)39(73)32(16-66)90-58)97-59-50(84)52(40(74)33(17-67)91-59)95-57-47(81)43(77)38(72)31(15-65)89-57/h21-60,64-85H,5-20H2,1-4H3/t21-,22+,23+,24-,25+,26+,27-,28-,29+,30-,31-,32-,33-,34-,35-,36+,37-,38-,39-,40-,41-,42+,43+,44+,45-,46-,47-,48-,49-,50-,51+,52+,53+,54-,55-,56-,57+,58+,59+,60+,61+,62+,63+/m1/s1. The molecular formula is C63H106O35. The van der Waals surface area contributed by atoms with E-state index in [-0.39, 0.29) is 65.0 Å². The number of hydrogen-bond acceptors (Lipinski definition) is 35. The van der Waals surface area contributed by atoms with Crippen LogP contribution in [0.5, 0.6) is 0 Å². The smallest absolute Gasteiger partial charge is 0.187 e. The maximum absolute atomic E-state index is 12.2. The van der Waals surface area contributed by atoms with Crippen molar-refractivity contribution in [3.63, 3.8) is 0 Å². The number of aliphatic hydroxyl groups excluding tert-OH is 21. The van der Waals surface area contributed by atoms with Gasteiger partial charge in [0.1, 0.15) is 146 Å². The molecule has 7 saturated heterocycles. The Morgan fingerprint density at radius 1 is 0.429 bits per heavy atom. The molecule has 35 nitrogen and oxygen atoms in total. The Labute approximate surface area is 564 Å². The van der Waals surface area contributed by atoms with Gasteiger partial charge in [0.15, 0.2) is 43.5 Å². The van der Waals surface area contributed by atoms with Crippen molar-refractivity contribution in [3.05, 3.63) is 0 Å². The lowest BCUT2D eigenvalue weighted by Gasteiger charge is -2.62. The molecule has 11 fully saturated rings. The van der Waals surface area contributed by atoms with Crippen LogP contribution in [0.1, 0.15) is 85.5 Å². The molecule has 0 radical (unpaired) electrons. The number of hydrogen-bond donors (Lipinski definition) is 22. The fraction of sp³-hybridized carbons (Fsp3) is 1.00. The molecule has 43 atom stereocenters. The topological polar surface area (TPSA) is 565 Å². The van der Waals surface area contributed by atoms with Crippen LogP contribution >= 0.6 is 0 Å². The van der Waals surface area contributed by atoms with Crippen molar-refractivity contribution in [2.24, 2.45) is 52.3 Å². The minimum Gasteiger partial charge on any atom is -0.394 e. The van der Waals surface area contributed by atoms with Crippen LogP contribution in [-0.2, 0) is 61.6 Å². The molecule has 11 aliphatic rings. The lowest BCUT2D eigenvalue weighted by Crippen LogP contribution is -2.69. The van der Waals surface area contributed by atoms with Crippen LogP contribution in [0.25, 0.3) is 0 Å². The van der Waals surface area contributed by atoms with Gasteiger partial charge in [-0.25, -0.2) is 0 Å². The van der Waals surface area contributed by atoms with Crippen LogP contribution in [0.4, 0.5) is 0 Å². The SMILES string of the molecule is C[C@H](CC[C@]1(O)O[C@H]2C[C@H]3[C@@H]4CC[C@H]5C[C@@H](O[C@@H]6O[C@H](CO)[C@H](O[C@@H]7O[C@H](CO)[C@@H](O)[C@H](O[C@@H]8O[C@H](CO)[C@@H](O)[C@H](O)[C@H]8O)[C@H]7O[C@@H]7O[C@H](CO)[C@@H](O)[C@H](O[C@@H]8O[C@H](CO)[C@@H](O)[C@H](O)[C@H]8O)[C@H]7O)[C@H](O)[C@H]6O)[C@H](O)C[C@]5(C)[C@H]4CC[C@]3(C)[C@H]2[C@@H]1C)CO[C@@H]1O[C@H](CO)[C@@H](O)[C@H](O)[C@H]1O. The zero-order valence-corrected chi connectivity index (χ0v) is 55.1. The van der Waals surface area contributed by atoms with Crippen LogP contribution in [0, 0.1) is 52.3 Å². The summed E-state index contributed by atoms with van der Waals surface area (Å²) in [4.78, 5) is 0. The maximum Gasteiger partial charge on any atom is 0.187 e. The normalized spacial score (nSPS) is 55.5. The fourth-order valence-electron chi connectivity index (χ4n) is 18.6. The molecule has 22 N–H and O–H groups in total. The van der Waals surface area contributed by atoms with Crippen molar-refractivity contribution >= 4 is 0 Å². The summed E-state index contributed by atoms with van der Waals surface area (Å²) < 4.78 is 77.7. The summed E-state index contributed by atoms with van der Waals surface area (Å²) in [5.41, 5.74) is -0.528. The molecule has 0 aromatic rings. The lowest BCUT2D eigenvalue weighted by molar-refractivity contribution is -0.412. The fourth-order valence-corrected chi connectivity index (χ4v) is 18.6. The summed E-state index contributed by atoms with van der Waals surface area (Å²) in [6.07, 6.45) is -52.7. The molecule has 11 rings (SSSR count). The summed E-state index contributed by atoms with van der Waals surface area (Å²) >= 11 is 0. The Balaban J connectivity index is 0.752. The molecule has 4 saturated carbocycles. The second kappa shape index (κ2) is 31.2. The minimum atomic E-state index is -2.27. The van der Waals surface area contributed by atoms with Crippen molar-refractivity contribution in [2.45, 2.75) is 294 Å². The van der Waals surface area contributed by atoms with E-state index in [2.05, 4.69) is 13.8 Å². The third kappa shape index (κ3) is 14.3. The first-order valence-electron chi connectivity index (χ1n) is 34.5. The molecule has 568 valence electrons. The quantitative estimate of drug-likeness (QED) is 0.0448. The average molecular weight is 1420 g/mol. The molecule has 0 unspecified atom stereocenters. The van der Waals surface area contributed by atoms with Gasteiger partial charge in [-0.05, 0) is 97.7 Å². The monoisotopic (exact) mass is 1420 g/mol. The molecule has 0 amide bonds. The molecule has 7 heterocycles. The predicted octanol–water partition coefficient (Wildman–Crippen LogP) is -9.34. The van der Waals surface area contributed by atoms with E-state index in [1.54, 1.807) is 0 Å². The van der Waals surface area contributed by atoms with Gasteiger partial charge in [-0.15, -0.1) is 0 Å². The third-order valence-corrected chi connectivity index (χ3v) is 24.4. The van der Waals surface area contributed by atoms with E-state index in [4.69, 9.17) is 61.6 Å². The molecule has 98 heavy (non-hydrogen) atoms. The van der Waals surface area contributed by atoms with Crippen LogP contribution in [0.2, 0.25) is 0 Å². The highest BCUT2D eigenvalue weighted by Crippen LogP contribution is 2.71. The number of fused-ring (bicyclic) bond motifs is 7. The summed E-state index contributed by atoms with van der Waals surface area (Å²) in [5, 5.41) is 240. The molecule has 0 bridgehead atoms. The Hall–Kier alpha value is -1.40. The summed E-state index contributed by atoms with van der Waals surface area (Å²) in [5.74, 6) is -0.945. The van der Waals surface area contributed by atoms with Crippen molar-refractivity contribution in [3.8, 4) is 0 Å². The van der Waals surface area contributed by atoms with Gasteiger partial charge in [0, 0.05) is 12.3 Å². The first kappa shape index (κ1) is 77.7. The number of ether oxygens (including phenoxy) is 13. The van der Waals surface area contributed by atoms with Gasteiger partial charge in [-0.2, -0.15) is 0 Å². The van der Waals surface area contributed by atoms with Gasteiger partial charge in [0.25, 0.3) is 0 Å². The molecule has 7 aliphatic heterocycles. The van der Waals surface area contributed by atoms with Gasteiger partial charge in [0.2, 0.25) is 0 Å². The Kier molecular flexibility index (Phi) is 24.7. The maximum atomic E-state index is 12.2. The van der Waals surface area contributed by atoms with E-state index in [1.807, 2.05) is 13.8 Å². The van der Waals surface area contributed by atoms with Gasteiger partial charge in [-0.3, -0.25) is 0 Å². The number of rotatable bonds is 22. The van der Waals surface area contributed by atoms with Crippen LogP contribution < -0.4 is 0 Å². The number of aliphatic hydroxyl groups is 22. The summed E-state index contributed by atoms with van der Waals surface area (Å²) in [6.45, 7) is 3.13. The second-order valence-corrected chi connectivity index (χ2v) is 30.0. The van der Waals surface area contributed by atoms with Gasteiger partial charge in [-0.1, -0.05) is 27.7 Å². The third-order valence-electron chi connectivity index (χ3n) is 24.4. The molecule has 0 spiro atoms. The zero-order valence-electron chi connectivity index (χ0n) is 55.1. The molecular weight excluding hydrogens is 1320 g/mol. The highest BCUT2D eigenvalue weighted by atomic mass is 16.8. The van der Waals surface area contributed by atoms with Crippen molar-refractivity contribution < 1.29 is 174 Å². The minimum absolute atomic E-state index is 0.0234. The predicted molar refractivity (Wildman–Crippen MR) is 318 cm³/mol. The van der Waals surface area contributed by atoms with Crippen molar-refractivity contribution in [1.82, 2.24) is 0 Å². The van der Waals surface area contributed by atoms with E-state index >= 15 is 0 Å². The van der Waals surface area contributed by atoms with E-state index in [0.29, 0.717) is 25.7 Å². The summed E-state index contributed by atoms with van der Waals surface area (Å²) in [7, 11) is 0. The van der Waals surface area contributed by atoms with Crippen molar-refractivity contribution in [1.29, 1.82) is 0 Å². The second-order valence-electron chi connectivity index (χ2n) is 30.0. The largest absolute Gasteiger partial charge is 0.394 e. The first-order chi connectivity index (χ1) is 46.4. The van der Waals surface area contributed by atoms with Gasteiger partial charge < -0.3 is 174 Å². The molecule has 35 heteroatoms. The average Bonchev–Trinajstić information content (AvgIpc) is 1.41. The van der Waals surface area contributed by atoms with E-state index < -0.39 is 242 Å². The van der Waals surface area contributed by atoms with Gasteiger partial charge >= 0.3 is 0 Å². The Morgan fingerprint density at radius 2 is 0.878 bits per heavy atom. The Morgan fingerprint density at radius 3 is 1.44 bits per heavy atom. The van der Waals surface area contributed by atoms with Gasteiger partial charge in [0.05, 0.1) is 64.6 Å². The van der Waals surface area contributed by atoms with Crippen molar-refractivity contribution in [2.75, 3.05) is 46.2 Å².